The van der Waals surface area contributed by atoms with Crippen molar-refractivity contribution in [3.63, 3.8) is 0 Å². The van der Waals surface area contributed by atoms with E-state index in [9.17, 15) is 8.42 Å². The van der Waals surface area contributed by atoms with E-state index in [4.69, 9.17) is 22.1 Å². The Balaban J connectivity index is 2.37. The first kappa shape index (κ1) is 14.9. The molecule has 0 atom stereocenters. The van der Waals surface area contributed by atoms with Crippen molar-refractivity contribution in [1.29, 1.82) is 10.5 Å². The number of anilines is 1. The van der Waals surface area contributed by atoms with Gasteiger partial charge < -0.3 is 0 Å². The van der Waals surface area contributed by atoms with Gasteiger partial charge in [0.25, 0.3) is 10.0 Å². The molecule has 0 radical (unpaired) electrons. The molecule has 0 bridgehead atoms. The van der Waals surface area contributed by atoms with Crippen LogP contribution in [0, 0.1) is 22.7 Å². The van der Waals surface area contributed by atoms with Gasteiger partial charge in [0, 0.05) is 0 Å². The van der Waals surface area contributed by atoms with Crippen molar-refractivity contribution in [2.75, 3.05) is 4.72 Å². The number of hydrogen-bond donors (Lipinski definition) is 1. The van der Waals surface area contributed by atoms with Crippen LogP contribution < -0.4 is 4.72 Å². The van der Waals surface area contributed by atoms with E-state index in [1.807, 2.05) is 12.1 Å². The molecule has 0 aromatic heterocycles. The summed E-state index contributed by atoms with van der Waals surface area (Å²) in [6.45, 7) is 0. The van der Waals surface area contributed by atoms with Crippen LogP contribution in [0.2, 0.25) is 5.02 Å². The third-order valence-electron chi connectivity index (χ3n) is 2.63. The number of halogens is 1. The van der Waals surface area contributed by atoms with Gasteiger partial charge in [-0.2, -0.15) is 10.5 Å². The fourth-order valence-corrected chi connectivity index (χ4v) is 2.88. The largest absolute Gasteiger partial charge is 0.278 e. The van der Waals surface area contributed by atoms with Crippen LogP contribution in [0.4, 0.5) is 5.69 Å². The van der Waals surface area contributed by atoms with Gasteiger partial charge in [-0.05, 0) is 42.5 Å². The molecule has 104 valence electrons. The molecule has 0 heterocycles. The molecule has 2 aromatic rings. The second-order valence-corrected chi connectivity index (χ2v) is 6.14. The summed E-state index contributed by atoms with van der Waals surface area (Å²) in [7, 11) is -3.84. The minimum absolute atomic E-state index is 0.0000672. The molecule has 0 unspecified atom stereocenters. The standard InChI is InChI=1S/C14H8ClN3O2S/c15-13-6-3-11(9-17)7-14(13)18-21(19,20)12-4-1-10(8-16)2-5-12/h1-7,18H. The van der Waals surface area contributed by atoms with E-state index in [0.717, 1.165) is 0 Å². The zero-order valence-corrected chi connectivity index (χ0v) is 12.1. The summed E-state index contributed by atoms with van der Waals surface area (Å²) in [5.41, 5.74) is 0.774. The third-order valence-corrected chi connectivity index (χ3v) is 4.34. The third kappa shape index (κ3) is 3.32. The van der Waals surface area contributed by atoms with Crippen LogP contribution >= 0.6 is 11.6 Å². The van der Waals surface area contributed by atoms with Gasteiger partial charge in [0.15, 0.2) is 0 Å². The first-order valence-electron chi connectivity index (χ1n) is 5.69. The molecule has 5 nitrogen and oxygen atoms in total. The first-order chi connectivity index (χ1) is 9.96. The number of nitrogens with one attached hydrogen (secondary N) is 1. The van der Waals surface area contributed by atoms with Crippen LogP contribution in [0.5, 0.6) is 0 Å². The van der Waals surface area contributed by atoms with Gasteiger partial charge >= 0.3 is 0 Å². The van der Waals surface area contributed by atoms with Crippen molar-refractivity contribution in [1.82, 2.24) is 0 Å². The van der Waals surface area contributed by atoms with Crippen LogP contribution in [0.15, 0.2) is 47.4 Å². The van der Waals surface area contributed by atoms with Crippen molar-refractivity contribution in [2.45, 2.75) is 4.90 Å². The van der Waals surface area contributed by atoms with Gasteiger partial charge in [0.2, 0.25) is 0 Å². The van der Waals surface area contributed by atoms with E-state index >= 15 is 0 Å². The maximum absolute atomic E-state index is 12.2. The molecule has 2 aromatic carbocycles. The van der Waals surface area contributed by atoms with Gasteiger partial charge in [-0.15, -0.1) is 0 Å². The second kappa shape index (κ2) is 5.84. The lowest BCUT2D eigenvalue weighted by atomic mass is 10.2. The number of nitriles is 2. The molecule has 0 aliphatic rings. The number of hydrogen-bond acceptors (Lipinski definition) is 4. The Morgan fingerprint density at radius 2 is 1.52 bits per heavy atom. The average Bonchev–Trinajstić information content (AvgIpc) is 2.49. The van der Waals surface area contributed by atoms with Crippen molar-refractivity contribution < 1.29 is 8.42 Å². The maximum Gasteiger partial charge on any atom is 0.261 e. The average molecular weight is 318 g/mol. The number of sulfonamides is 1. The Hall–Kier alpha value is -2.54. The highest BCUT2D eigenvalue weighted by molar-refractivity contribution is 7.92. The van der Waals surface area contributed by atoms with Crippen molar-refractivity contribution in [3.05, 3.63) is 58.6 Å². The van der Waals surface area contributed by atoms with E-state index in [1.165, 1.54) is 42.5 Å². The van der Waals surface area contributed by atoms with Crippen LogP contribution in [-0.2, 0) is 10.0 Å². The van der Waals surface area contributed by atoms with E-state index in [2.05, 4.69) is 4.72 Å². The molecule has 1 N–H and O–H groups in total. The topological polar surface area (TPSA) is 93.8 Å². The lowest BCUT2D eigenvalue weighted by molar-refractivity contribution is 0.601. The van der Waals surface area contributed by atoms with Gasteiger partial charge in [0.1, 0.15) is 0 Å². The second-order valence-electron chi connectivity index (χ2n) is 4.05. The molecular formula is C14H8ClN3O2S. The van der Waals surface area contributed by atoms with Crippen LogP contribution in [-0.4, -0.2) is 8.42 Å². The summed E-state index contributed by atoms with van der Waals surface area (Å²) in [5, 5.41) is 17.7. The van der Waals surface area contributed by atoms with E-state index in [0.29, 0.717) is 5.56 Å². The van der Waals surface area contributed by atoms with Crippen molar-refractivity contribution in [2.24, 2.45) is 0 Å². The molecule has 0 saturated carbocycles. The molecule has 2 rings (SSSR count). The molecular weight excluding hydrogens is 310 g/mol. The summed E-state index contributed by atoms with van der Waals surface area (Å²) in [4.78, 5) is -0.0000672. The molecule has 7 heteroatoms. The molecule has 0 aliphatic heterocycles. The van der Waals surface area contributed by atoms with Crippen LogP contribution in [0.1, 0.15) is 11.1 Å². The van der Waals surface area contributed by atoms with Gasteiger partial charge in [-0.25, -0.2) is 8.42 Å². The summed E-state index contributed by atoms with van der Waals surface area (Å²) in [6.07, 6.45) is 0. The van der Waals surface area contributed by atoms with Gasteiger partial charge in [-0.3, -0.25) is 4.72 Å². The predicted molar refractivity (Wildman–Crippen MR) is 78.1 cm³/mol. The highest BCUT2D eigenvalue weighted by Crippen LogP contribution is 2.25. The summed E-state index contributed by atoms with van der Waals surface area (Å²) >= 11 is 5.91. The Kier molecular flexibility index (Phi) is 4.13. The first-order valence-corrected chi connectivity index (χ1v) is 7.55. The lowest BCUT2D eigenvalue weighted by Gasteiger charge is -2.10. The minimum Gasteiger partial charge on any atom is -0.278 e. The number of rotatable bonds is 3. The van der Waals surface area contributed by atoms with Gasteiger partial charge in [-0.1, -0.05) is 11.6 Å². The van der Waals surface area contributed by atoms with Crippen LogP contribution in [0.25, 0.3) is 0 Å². The monoisotopic (exact) mass is 317 g/mol. The highest BCUT2D eigenvalue weighted by atomic mass is 35.5. The predicted octanol–water partition coefficient (Wildman–Crippen LogP) is 2.88. The highest BCUT2D eigenvalue weighted by Gasteiger charge is 2.16. The summed E-state index contributed by atoms with van der Waals surface area (Å²) in [5.74, 6) is 0. The molecule has 0 saturated heterocycles. The zero-order chi connectivity index (χ0) is 15.5. The molecule has 0 amide bonds. The van der Waals surface area contributed by atoms with Crippen molar-refractivity contribution >= 4 is 27.3 Å². The number of benzene rings is 2. The fourth-order valence-electron chi connectivity index (χ4n) is 1.59. The maximum atomic E-state index is 12.2. The fraction of sp³-hybridized carbons (Fsp3) is 0. The van der Waals surface area contributed by atoms with Crippen LogP contribution in [0.3, 0.4) is 0 Å². The molecule has 0 fully saturated rings. The summed E-state index contributed by atoms with van der Waals surface area (Å²) in [6, 6.07) is 13.5. The minimum atomic E-state index is -3.84. The van der Waals surface area contributed by atoms with E-state index < -0.39 is 10.0 Å². The Bertz CT molecular complexity index is 863. The quantitative estimate of drug-likeness (QED) is 0.941. The SMILES string of the molecule is N#Cc1ccc(S(=O)(=O)Nc2cc(C#N)ccc2Cl)cc1. The van der Waals surface area contributed by atoms with Crippen molar-refractivity contribution in [3.8, 4) is 12.1 Å². The smallest absolute Gasteiger partial charge is 0.261 e. The zero-order valence-electron chi connectivity index (χ0n) is 10.5. The Labute approximate surface area is 127 Å². The number of nitrogens with zero attached hydrogens (tertiary/aromatic N) is 2. The van der Waals surface area contributed by atoms with E-state index in [-0.39, 0.29) is 21.2 Å². The molecule has 0 aliphatic carbocycles. The molecule has 21 heavy (non-hydrogen) atoms. The Morgan fingerprint density at radius 1 is 0.952 bits per heavy atom. The summed E-state index contributed by atoms with van der Waals surface area (Å²) < 4.78 is 26.8. The normalized spacial score (nSPS) is 10.4. The Morgan fingerprint density at radius 3 is 2.10 bits per heavy atom. The molecule has 0 spiro atoms. The van der Waals surface area contributed by atoms with Gasteiger partial charge in [0.05, 0.1) is 38.9 Å². The van der Waals surface area contributed by atoms with E-state index in [1.54, 1.807) is 0 Å². The lowest BCUT2D eigenvalue weighted by Crippen LogP contribution is -2.13.